The highest BCUT2D eigenvalue weighted by Crippen LogP contribution is 2.27. The molecular weight excluding hydrogens is 435 g/mol. The zero-order chi connectivity index (χ0) is 22.1. The van der Waals surface area contributed by atoms with Gasteiger partial charge in [-0.2, -0.15) is 4.98 Å². The first-order valence-electron chi connectivity index (χ1n) is 8.69. The molecule has 30 heavy (non-hydrogen) atoms. The SMILES string of the molecule is Cc1nc(C(C)(C)NC(=O)c2ccc(Cl)c(NS(=O)(=O)c3ccc(F)cc3)c2)no1. The monoisotopic (exact) mass is 452 g/mol. The Balaban J connectivity index is 1.84. The van der Waals surface area contributed by atoms with E-state index in [1.807, 2.05) is 0 Å². The number of halogens is 2. The van der Waals surface area contributed by atoms with E-state index < -0.39 is 27.3 Å². The van der Waals surface area contributed by atoms with Crippen LogP contribution < -0.4 is 10.0 Å². The van der Waals surface area contributed by atoms with Crippen molar-refractivity contribution in [3.05, 3.63) is 70.6 Å². The minimum atomic E-state index is -4.04. The van der Waals surface area contributed by atoms with Crippen molar-refractivity contribution >= 4 is 33.2 Å². The maximum Gasteiger partial charge on any atom is 0.261 e. The maximum atomic E-state index is 13.1. The number of anilines is 1. The summed E-state index contributed by atoms with van der Waals surface area (Å²) in [6, 6.07) is 8.45. The molecule has 8 nitrogen and oxygen atoms in total. The Hall–Kier alpha value is -2.98. The second-order valence-corrected chi connectivity index (χ2v) is 9.06. The fourth-order valence-electron chi connectivity index (χ4n) is 2.53. The van der Waals surface area contributed by atoms with Crippen molar-refractivity contribution in [3.8, 4) is 0 Å². The van der Waals surface area contributed by atoms with Crippen LogP contribution >= 0.6 is 11.6 Å². The van der Waals surface area contributed by atoms with Gasteiger partial charge in [0.05, 0.1) is 21.1 Å². The van der Waals surface area contributed by atoms with Crippen LogP contribution in [0.3, 0.4) is 0 Å². The second-order valence-electron chi connectivity index (χ2n) is 6.97. The van der Waals surface area contributed by atoms with E-state index in [-0.39, 0.29) is 21.2 Å². The summed E-state index contributed by atoms with van der Waals surface area (Å²) < 4.78 is 45.4. The van der Waals surface area contributed by atoms with E-state index in [0.717, 1.165) is 24.3 Å². The summed E-state index contributed by atoms with van der Waals surface area (Å²) in [5.41, 5.74) is -0.784. The Morgan fingerprint density at radius 3 is 2.43 bits per heavy atom. The number of benzene rings is 2. The lowest BCUT2D eigenvalue weighted by atomic mass is 10.0. The third-order valence-electron chi connectivity index (χ3n) is 4.11. The number of carbonyl (C=O) groups is 1. The third kappa shape index (κ3) is 4.77. The van der Waals surface area contributed by atoms with Crippen molar-refractivity contribution in [1.82, 2.24) is 15.5 Å². The molecular formula is C19H18ClFN4O4S. The van der Waals surface area contributed by atoms with Gasteiger partial charge in [-0.1, -0.05) is 16.8 Å². The van der Waals surface area contributed by atoms with Crippen LogP contribution in [0.1, 0.15) is 35.9 Å². The van der Waals surface area contributed by atoms with Crippen LogP contribution in [0.25, 0.3) is 0 Å². The Bertz CT molecular complexity index is 1190. The number of nitrogens with zero attached hydrogens (tertiary/aromatic N) is 2. The number of aromatic nitrogens is 2. The smallest absolute Gasteiger partial charge is 0.261 e. The fraction of sp³-hybridized carbons (Fsp3) is 0.211. The van der Waals surface area contributed by atoms with Gasteiger partial charge in [0.2, 0.25) is 5.89 Å². The number of rotatable bonds is 6. The first-order chi connectivity index (χ1) is 14.0. The lowest BCUT2D eigenvalue weighted by Gasteiger charge is -2.22. The van der Waals surface area contributed by atoms with Gasteiger partial charge in [0.1, 0.15) is 5.82 Å². The lowest BCUT2D eigenvalue weighted by molar-refractivity contribution is 0.0907. The average Bonchev–Trinajstić information content (AvgIpc) is 3.11. The highest BCUT2D eigenvalue weighted by atomic mass is 35.5. The molecule has 0 aliphatic rings. The Kier molecular flexibility index (Phi) is 5.82. The summed E-state index contributed by atoms with van der Waals surface area (Å²) >= 11 is 6.10. The Morgan fingerprint density at radius 1 is 1.17 bits per heavy atom. The zero-order valence-electron chi connectivity index (χ0n) is 16.2. The molecule has 0 radical (unpaired) electrons. The quantitative estimate of drug-likeness (QED) is 0.590. The Morgan fingerprint density at radius 2 is 1.83 bits per heavy atom. The predicted octanol–water partition coefficient (Wildman–Crippen LogP) is 3.64. The van der Waals surface area contributed by atoms with E-state index in [2.05, 4.69) is 20.2 Å². The molecule has 2 aromatic carbocycles. The van der Waals surface area contributed by atoms with Gasteiger partial charge in [-0.05, 0) is 56.3 Å². The van der Waals surface area contributed by atoms with Gasteiger partial charge in [0, 0.05) is 12.5 Å². The number of amides is 1. The highest BCUT2D eigenvalue weighted by Gasteiger charge is 2.29. The lowest BCUT2D eigenvalue weighted by Crippen LogP contribution is -2.41. The van der Waals surface area contributed by atoms with E-state index in [0.29, 0.717) is 11.7 Å². The van der Waals surface area contributed by atoms with E-state index >= 15 is 0 Å². The van der Waals surface area contributed by atoms with Crippen molar-refractivity contribution in [2.24, 2.45) is 0 Å². The summed E-state index contributed by atoms with van der Waals surface area (Å²) in [6.07, 6.45) is 0. The molecule has 0 bridgehead atoms. The topological polar surface area (TPSA) is 114 Å². The molecule has 0 spiro atoms. The van der Waals surface area contributed by atoms with Gasteiger partial charge in [-0.15, -0.1) is 0 Å². The van der Waals surface area contributed by atoms with Crippen molar-refractivity contribution in [3.63, 3.8) is 0 Å². The van der Waals surface area contributed by atoms with E-state index in [4.69, 9.17) is 16.1 Å². The molecule has 0 fully saturated rings. The van der Waals surface area contributed by atoms with E-state index in [1.54, 1.807) is 20.8 Å². The first-order valence-corrected chi connectivity index (χ1v) is 10.6. The van der Waals surface area contributed by atoms with Crippen molar-refractivity contribution < 1.29 is 22.1 Å². The molecule has 0 unspecified atom stereocenters. The van der Waals surface area contributed by atoms with Gasteiger partial charge >= 0.3 is 0 Å². The molecule has 3 rings (SSSR count). The summed E-state index contributed by atoms with van der Waals surface area (Å²) in [7, 11) is -4.04. The molecule has 1 heterocycles. The summed E-state index contributed by atoms with van der Waals surface area (Å²) in [6.45, 7) is 5.03. The van der Waals surface area contributed by atoms with Crippen LogP contribution in [0, 0.1) is 12.7 Å². The molecule has 0 atom stereocenters. The molecule has 2 N–H and O–H groups in total. The van der Waals surface area contributed by atoms with Crippen LogP contribution in [-0.4, -0.2) is 24.5 Å². The molecule has 1 aromatic heterocycles. The van der Waals surface area contributed by atoms with Crippen LogP contribution in [0.15, 0.2) is 51.9 Å². The molecule has 3 aromatic rings. The van der Waals surface area contributed by atoms with E-state index in [1.165, 1.54) is 18.2 Å². The van der Waals surface area contributed by atoms with Crippen LogP contribution in [0.4, 0.5) is 10.1 Å². The van der Waals surface area contributed by atoms with Gasteiger partial charge in [0.25, 0.3) is 15.9 Å². The summed E-state index contributed by atoms with van der Waals surface area (Å²) in [4.78, 5) is 16.7. The maximum absolute atomic E-state index is 13.1. The van der Waals surface area contributed by atoms with Gasteiger partial charge in [-0.3, -0.25) is 9.52 Å². The molecule has 0 saturated carbocycles. The zero-order valence-corrected chi connectivity index (χ0v) is 17.8. The number of hydrogen-bond donors (Lipinski definition) is 2. The molecule has 11 heteroatoms. The normalized spacial score (nSPS) is 11.9. The van der Waals surface area contributed by atoms with Crippen molar-refractivity contribution in [1.29, 1.82) is 0 Å². The molecule has 0 aliphatic carbocycles. The fourth-order valence-corrected chi connectivity index (χ4v) is 3.82. The summed E-state index contributed by atoms with van der Waals surface area (Å²) in [5.74, 6) is -0.415. The molecule has 0 saturated heterocycles. The average molecular weight is 453 g/mol. The molecule has 158 valence electrons. The first kappa shape index (κ1) is 21.7. The van der Waals surface area contributed by atoms with Crippen LogP contribution in [0.5, 0.6) is 0 Å². The van der Waals surface area contributed by atoms with Gasteiger partial charge in [-0.25, -0.2) is 12.8 Å². The standard InChI is InChI=1S/C19H18ClFN4O4S/c1-11-22-18(24-29-11)19(2,3)23-17(26)12-4-9-15(20)16(10-12)25-30(27,28)14-7-5-13(21)6-8-14/h4-10,25H,1-3H3,(H,23,26). The minimum Gasteiger partial charge on any atom is -0.340 e. The molecule has 0 aliphatic heterocycles. The van der Waals surface area contributed by atoms with E-state index in [9.17, 15) is 17.6 Å². The second kappa shape index (κ2) is 8.04. The molecule has 1 amide bonds. The largest absolute Gasteiger partial charge is 0.340 e. The predicted molar refractivity (Wildman–Crippen MR) is 108 cm³/mol. The number of sulfonamides is 1. The van der Waals surface area contributed by atoms with Crippen molar-refractivity contribution in [2.45, 2.75) is 31.2 Å². The minimum absolute atomic E-state index is 0.00172. The number of hydrogen-bond acceptors (Lipinski definition) is 6. The Labute approximate surface area is 177 Å². The van der Waals surface area contributed by atoms with Gasteiger partial charge < -0.3 is 9.84 Å². The van der Waals surface area contributed by atoms with Crippen LogP contribution in [-0.2, 0) is 15.6 Å². The summed E-state index contributed by atoms with van der Waals surface area (Å²) in [5, 5.41) is 6.67. The number of aryl methyl sites for hydroxylation is 1. The number of carbonyl (C=O) groups excluding carboxylic acids is 1. The number of nitrogens with one attached hydrogen (secondary N) is 2. The third-order valence-corrected chi connectivity index (χ3v) is 5.82. The van der Waals surface area contributed by atoms with Gasteiger partial charge in [0.15, 0.2) is 5.82 Å². The van der Waals surface area contributed by atoms with Crippen molar-refractivity contribution in [2.75, 3.05) is 4.72 Å². The highest BCUT2D eigenvalue weighted by molar-refractivity contribution is 7.92. The van der Waals surface area contributed by atoms with Crippen LogP contribution in [0.2, 0.25) is 5.02 Å².